The van der Waals surface area contributed by atoms with E-state index in [0.29, 0.717) is 12.5 Å². The lowest BCUT2D eigenvalue weighted by atomic mass is 10.1. The SMILES string of the molecule is C=CC(=O)OCC(CC)CC. The van der Waals surface area contributed by atoms with Gasteiger partial charge in [-0.2, -0.15) is 0 Å². The second kappa shape index (κ2) is 5.96. The van der Waals surface area contributed by atoms with E-state index in [1.54, 1.807) is 0 Å². The molecule has 0 rings (SSSR count). The van der Waals surface area contributed by atoms with Crippen molar-refractivity contribution < 1.29 is 9.53 Å². The molecule has 2 heteroatoms. The molecule has 0 aromatic carbocycles. The minimum atomic E-state index is -0.322. The summed E-state index contributed by atoms with van der Waals surface area (Å²) in [5, 5.41) is 0. The maximum absolute atomic E-state index is 10.6. The molecule has 0 aliphatic carbocycles. The van der Waals surface area contributed by atoms with Gasteiger partial charge in [-0.25, -0.2) is 4.79 Å². The molecular formula is C9H16O2. The first-order chi connectivity index (χ1) is 5.24. The first-order valence-electron chi connectivity index (χ1n) is 4.03. The van der Waals surface area contributed by atoms with Crippen molar-refractivity contribution in [3.8, 4) is 0 Å². The van der Waals surface area contributed by atoms with Crippen molar-refractivity contribution >= 4 is 5.97 Å². The van der Waals surface area contributed by atoms with Crippen molar-refractivity contribution in [2.24, 2.45) is 5.92 Å². The number of hydrogen-bond acceptors (Lipinski definition) is 2. The summed E-state index contributed by atoms with van der Waals surface area (Å²) >= 11 is 0. The number of hydrogen-bond donors (Lipinski definition) is 0. The summed E-state index contributed by atoms with van der Waals surface area (Å²) in [5.74, 6) is 0.177. The minimum Gasteiger partial charge on any atom is -0.462 e. The van der Waals surface area contributed by atoms with Crippen LogP contribution < -0.4 is 0 Å². The van der Waals surface area contributed by atoms with Crippen molar-refractivity contribution in [2.75, 3.05) is 6.61 Å². The smallest absolute Gasteiger partial charge is 0.330 e. The lowest BCUT2D eigenvalue weighted by Gasteiger charge is -2.10. The van der Waals surface area contributed by atoms with Crippen molar-refractivity contribution in [1.82, 2.24) is 0 Å². The molecule has 0 aromatic rings. The van der Waals surface area contributed by atoms with Gasteiger partial charge in [0, 0.05) is 6.08 Å². The zero-order valence-electron chi connectivity index (χ0n) is 7.30. The fourth-order valence-electron chi connectivity index (χ4n) is 0.783. The standard InChI is InChI=1S/C9H16O2/c1-4-8(5-2)7-11-9(10)6-3/h6,8H,3-5,7H2,1-2H3. The molecule has 11 heavy (non-hydrogen) atoms. The largest absolute Gasteiger partial charge is 0.462 e. The molecule has 2 nitrogen and oxygen atoms in total. The van der Waals surface area contributed by atoms with Crippen LogP contribution in [0.25, 0.3) is 0 Å². The molecule has 0 saturated heterocycles. The highest BCUT2D eigenvalue weighted by Crippen LogP contribution is 2.07. The van der Waals surface area contributed by atoms with Gasteiger partial charge < -0.3 is 4.74 Å². The van der Waals surface area contributed by atoms with Gasteiger partial charge in [0.25, 0.3) is 0 Å². The van der Waals surface area contributed by atoms with E-state index in [1.165, 1.54) is 6.08 Å². The van der Waals surface area contributed by atoms with Crippen LogP contribution in [0.2, 0.25) is 0 Å². The fraction of sp³-hybridized carbons (Fsp3) is 0.667. The third kappa shape index (κ3) is 4.59. The average molecular weight is 156 g/mol. The van der Waals surface area contributed by atoms with Gasteiger partial charge in [0.05, 0.1) is 6.61 Å². The number of ether oxygens (including phenoxy) is 1. The molecule has 0 radical (unpaired) electrons. The second-order valence-corrected chi connectivity index (χ2v) is 2.52. The minimum absolute atomic E-state index is 0.322. The van der Waals surface area contributed by atoms with Gasteiger partial charge in [0.15, 0.2) is 0 Å². The Morgan fingerprint density at radius 2 is 2.09 bits per heavy atom. The average Bonchev–Trinajstić information content (AvgIpc) is 2.06. The Bertz CT molecular complexity index is 126. The molecule has 0 bridgehead atoms. The molecule has 0 aromatic heterocycles. The predicted molar refractivity (Wildman–Crippen MR) is 45.2 cm³/mol. The topological polar surface area (TPSA) is 26.3 Å². The summed E-state index contributed by atoms with van der Waals surface area (Å²) in [6, 6.07) is 0. The molecule has 0 aliphatic rings. The first-order valence-corrected chi connectivity index (χ1v) is 4.03. The van der Waals surface area contributed by atoms with Crippen LogP contribution in [0.1, 0.15) is 26.7 Å². The number of rotatable bonds is 5. The maximum atomic E-state index is 10.6. The van der Waals surface area contributed by atoms with Crippen LogP contribution in [0.4, 0.5) is 0 Å². The second-order valence-electron chi connectivity index (χ2n) is 2.52. The van der Waals surface area contributed by atoms with Gasteiger partial charge in [0.2, 0.25) is 0 Å². The van der Waals surface area contributed by atoms with Crippen molar-refractivity contribution in [3.05, 3.63) is 12.7 Å². The molecule has 0 saturated carbocycles. The van der Waals surface area contributed by atoms with Gasteiger partial charge in [-0.1, -0.05) is 33.3 Å². The Labute approximate surface area is 68.2 Å². The van der Waals surface area contributed by atoms with Crippen LogP contribution >= 0.6 is 0 Å². The van der Waals surface area contributed by atoms with Gasteiger partial charge in [0.1, 0.15) is 0 Å². The van der Waals surface area contributed by atoms with E-state index in [-0.39, 0.29) is 5.97 Å². The quantitative estimate of drug-likeness (QED) is 0.450. The van der Waals surface area contributed by atoms with Crippen LogP contribution in [0, 0.1) is 5.92 Å². The summed E-state index contributed by atoms with van der Waals surface area (Å²) in [7, 11) is 0. The van der Waals surface area contributed by atoms with E-state index >= 15 is 0 Å². The highest BCUT2D eigenvalue weighted by atomic mass is 16.5. The van der Waals surface area contributed by atoms with Crippen molar-refractivity contribution in [2.45, 2.75) is 26.7 Å². The lowest BCUT2D eigenvalue weighted by Crippen LogP contribution is -2.10. The number of esters is 1. The van der Waals surface area contributed by atoms with Crippen LogP contribution in [-0.4, -0.2) is 12.6 Å². The Morgan fingerprint density at radius 1 is 1.55 bits per heavy atom. The first kappa shape index (κ1) is 10.2. The zero-order valence-corrected chi connectivity index (χ0v) is 7.30. The van der Waals surface area contributed by atoms with Crippen LogP contribution in [0.15, 0.2) is 12.7 Å². The van der Waals surface area contributed by atoms with Crippen LogP contribution in [-0.2, 0) is 9.53 Å². The molecule has 0 atom stereocenters. The Morgan fingerprint density at radius 3 is 2.45 bits per heavy atom. The highest BCUT2D eigenvalue weighted by Gasteiger charge is 2.04. The van der Waals surface area contributed by atoms with E-state index in [1.807, 2.05) is 0 Å². The van der Waals surface area contributed by atoms with Crippen molar-refractivity contribution in [3.63, 3.8) is 0 Å². The molecule has 0 amide bonds. The summed E-state index contributed by atoms with van der Waals surface area (Å²) in [6.45, 7) is 8.03. The highest BCUT2D eigenvalue weighted by molar-refractivity contribution is 5.81. The van der Waals surface area contributed by atoms with E-state index in [4.69, 9.17) is 4.74 Å². The number of carbonyl (C=O) groups is 1. The number of carbonyl (C=O) groups excluding carboxylic acids is 1. The Hall–Kier alpha value is -0.790. The Kier molecular flexibility index (Phi) is 5.53. The van der Waals surface area contributed by atoms with E-state index in [2.05, 4.69) is 20.4 Å². The molecule has 0 fully saturated rings. The van der Waals surface area contributed by atoms with Crippen LogP contribution in [0.5, 0.6) is 0 Å². The predicted octanol–water partition coefficient (Wildman–Crippen LogP) is 2.15. The van der Waals surface area contributed by atoms with E-state index in [0.717, 1.165) is 12.8 Å². The molecule has 0 spiro atoms. The van der Waals surface area contributed by atoms with Gasteiger partial charge in [-0.15, -0.1) is 0 Å². The molecule has 64 valence electrons. The van der Waals surface area contributed by atoms with Crippen molar-refractivity contribution in [1.29, 1.82) is 0 Å². The summed E-state index contributed by atoms with van der Waals surface area (Å²) in [5.41, 5.74) is 0. The third-order valence-corrected chi connectivity index (χ3v) is 1.78. The molecule has 0 aliphatic heterocycles. The molecule has 0 unspecified atom stereocenters. The van der Waals surface area contributed by atoms with E-state index < -0.39 is 0 Å². The summed E-state index contributed by atoms with van der Waals surface area (Å²) in [6.07, 6.45) is 3.31. The van der Waals surface area contributed by atoms with Crippen LogP contribution in [0.3, 0.4) is 0 Å². The fourth-order valence-corrected chi connectivity index (χ4v) is 0.783. The zero-order chi connectivity index (χ0) is 8.69. The lowest BCUT2D eigenvalue weighted by molar-refractivity contribution is -0.139. The Balaban J connectivity index is 3.49. The normalized spacial score (nSPS) is 9.73. The molecule has 0 N–H and O–H groups in total. The van der Waals surface area contributed by atoms with Gasteiger partial charge in [-0.05, 0) is 5.92 Å². The summed E-state index contributed by atoms with van der Waals surface area (Å²) < 4.78 is 4.88. The molecular weight excluding hydrogens is 140 g/mol. The maximum Gasteiger partial charge on any atom is 0.330 e. The molecule has 0 heterocycles. The van der Waals surface area contributed by atoms with E-state index in [9.17, 15) is 4.79 Å². The monoisotopic (exact) mass is 156 g/mol. The summed E-state index contributed by atoms with van der Waals surface area (Å²) in [4.78, 5) is 10.6. The van der Waals surface area contributed by atoms with Gasteiger partial charge >= 0.3 is 5.97 Å². The third-order valence-electron chi connectivity index (χ3n) is 1.78. The van der Waals surface area contributed by atoms with Gasteiger partial charge in [-0.3, -0.25) is 0 Å².